The molecule has 110 valence electrons. The quantitative estimate of drug-likeness (QED) is 0.857. The zero-order valence-corrected chi connectivity index (χ0v) is 13.0. The van der Waals surface area contributed by atoms with E-state index >= 15 is 0 Å². The first kappa shape index (κ1) is 15.1. The summed E-state index contributed by atoms with van der Waals surface area (Å²) in [6.07, 6.45) is 0. The number of anilines is 3. The molecule has 2 aromatic rings. The van der Waals surface area contributed by atoms with E-state index in [0.29, 0.717) is 0 Å². The van der Waals surface area contributed by atoms with Crippen molar-refractivity contribution in [2.24, 2.45) is 5.92 Å². The van der Waals surface area contributed by atoms with Gasteiger partial charge in [0.2, 0.25) is 5.91 Å². The predicted octanol–water partition coefficient (Wildman–Crippen LogP) is 4.64. The van der Waals surface area contributed by atoms with E-state index in [2.05, 4.69) is 36.6 Å². The molecule has 0 bridgehead atoms. The highest BCUT2D eigenvalue weighted by molar-refractivity contribution is 5.92. The number of benzene rings is 2. The van der Waals surface area contributed by atoms with E-state index in [0.717, 1.165) is 17.1 Å². The SMILES string of the molecule is Cc1cccc(Nc2ccc(NC(=O)C(C)C)cc2)c1C. The molecule has 21 heavy (non-hydrogen) atoms. The number of aryl methyl sites for hydroxylation is 1. The van der Waals surface area contributed by atoms with E-state index in [1.807, 2.05) is 44.2 Å². The van der Waals surface area contributed by atoms with Crippen LogP contribution in [0.2, 0.25) is 0 Å². The molecular weight excluding hydrogens is 260 g/mol. The third-order valence-electron chi connectivity index (χ3n) is 3.56. The molecule has 0 heterocycles. The van der Waals surface area contributed by atoms with Crippen molar-refractivity contribution in [1.82, 2.24) is 0 Å². The van der Waals surface area contributed by atoms with E-state index in [1.165, 1.54) is 11.1 Å². The molecule has 2 rings (SSSR count). The molecule has 3 heteroatoms. The van der Waals surface area contributed by atoms with Crippen LogP contribution in [0, 0.1) is 19.8 Å². The van der Waals surface area contributed by atoms with E-state index < -0.39 is 0 Å². The number of amides is 1. The van der Waals surface area contributed by atoms with E-state index in [9.17, 15) is 4.79 Å². The first-order valence-corrected chi connectivity index (χ1v) is 7.21. The fourth-order valence-corrected chi connectivity index (χ4v) is 1.97. The summed E-state index contributed by atoms with van der Waals surface area (Å²) in [6.45, 7) is 7.97. The van der Waals surface area contributed by atoms with Crippen LogP contribution < -0.4 is 10.6 Å². The van der Waals surface area contributed by atoms with Gasteiger partial charge in [0, 0.05) is 23.0 Å². The summed E-state index contributed by atoms with van der Waals surface area (Å²) in [5.41, 5.74) is 5.44. The number of nitrogens with one attached hydrogen (secondary N) is 2. The van der Waals surface area contributed by atoms with E-state index in [-0.39, 0.29) is 11.8 Å². The summed E-state index contributed by atoms with van der Waals surface area (Å²) in [7, 11) is 0. The van der Waals surface area contributed by atoms with Crippen LogP contribution in [0.1, 0.15) is 25.0 Å². The average molecular weight is 282 g/mol. The molecule has 2 aromatic carbocycles. The van der Waals surface area contributed by atoms with Crippen LogP contribution in [0.15, 0.2) is 42.5 Å². The Bertz CT molecular complexity index is 630. The molecular formula is C18H22N2O. The zero-order chi connectivity index (χ0) is 15.4. The minimum atomic E-state index is -0.0160. The van der Waals surface area contributed by atoms with Gasteiger partial charge in [-0.05, 0) is 55.3 Å². The number of carbonyl (C=O) groups excluding carboxylic acids is 1. The summed E-state index contributed by atoms with van der Waals surface area (Å²) in [6, 6.07) is 14.0. The van der Waals surface area contributed by atoms with Crippen LogP contribution in [-0.4, -0.2) is 5.91 Å². The normalized spacial score (nSPS) is 10.5. The van der Waals surface area contributed by atoms with Crippen molar-refractivity contribution in [3.05, 3.63) is 53.6 Å². The molecule has 0 aromatic heterocycles. The van der Waals surface area contributed by atoms with Gasteiger partial charge in [0.15, 0.2) is 0 Å². The van der Waals surface area contributed by atoms with Crippen LogP contribution in [0.5, 0.6) is 0 Å². The van der Waals surface area contributed by atoms with Crippen LogP contribution in [0.3, 0.4) is 0 Å². The molecule has 0 saturated heterocycles. The van der Waals surface area contributed by atoms with Gasteiger partial charge in [-0.2, -0.15) is 0 Å². The molecule has 1 amide bonds. The van der Waals surface area contributed by atoms with E-state index in [4.69, 9.17) is 0 Å². The Balaban J connectivity index is 2.09. The van der Waals surface area contributed by atoms with Gasteiger partial charge in [-0.1, -0.05) is 26.0 Å². The highest BCUT2D eigenvalue weighted by atomic mass is 16.1. The lowest BCUT2D eigenvalue weighted by Gasteiger charge is -2.12. The third kappa shape index (κ3) is 3.85. The highest BCUT2D eigenvalue weighted by Gasteiger charge is 2.07. The topological polar surface area (TPSA) is 41.1 Å². The number of hydrogen-bond donors (Lipinski definition) is 2. The van der Waals surface area contributed by atoms with Crippen molar-refractivity contribution in [2.75, 3.05) is 10.6 Å². The molecule has 0 spiro atoms. The monoisotopic (exact) mass is 282 g/mol. The maximum absolute atomic E-state index is 11.6. The second kappa shape index (κ2) is 6.44. The third-order valence-corrected chi connectivity index (χ3v) is 3.56. The Kier molecular flexibility index (Phi) is 4.63. The summed E-state index contributed by atoms with van der Waals surface area (Å²) >= 11 is 0. The Morgan fingerprint density at radius 2 is 1.57 bits per heavy atom. The maximum Gasteiger partial charge on any atom is 0.226 e. The van der Waals surface area contributed by atoms with Gasteiger partial charge in [-0.25, -0.2) is 0 Å². The van der Waals surface area contributed by atoms with Gasteiger partial charge in [0.1, 0.15) is 0 Å². The summed E-state index contributed by atoms with van der Waals surface area (Å²) < 4.78 is 0. The Morgan fingerprint density at radius 3 is 2.19 bits per heavy atom. The molecule has 0 aliphatic heterocycles. The Labute approximate surface area is 126 Å². The zero-order valence-electron chi connectivity index (χ0n) is 13.0. The summed E-state index contributed by atoms with van der Waals surface area (Å²) in [5.74, 6) is 0.0167. The van der Waals surface area contributed by atoms with Gasteiger partial charge >= 0.3 is 0 Å². The fraction of sp³-hybridized carbons (Fsp3) is 0.278. The molecule has 3 nitrogen and oxygen atoms in total. The summed E-state index contributed by atoms with van der Waals surface area (Å²) in [4.78, 5) is 11.6. The smallest absolute Gasteiger partial charge is 0.226 e. The van der Waals surface area contributed by atoms with Crippen LogP contribution in [0.4, 0.5) is 17.1 Å². The van der Waals surface area contributed by atoms with Gasteiger partial charge < -0.3 is 10.6 Å². The Hall–Kier alpha value is -2.29. The molecule has 0 unspecified atom stereocenters. The first-order valence-electron chi connectivity index (χ1n) is 7.21. The van der Waals surface area contributed by atoms with Crippen LogP contribution in [-0.2, 0) is 4.79 Å². The number of hydrogen-bond acceptors (Lipinski definition) is 2. The second-order valence-corrected chi connectivity index (χ2v) is 5.59. The van der Waals surface area contributed by atoms with Gasteiger partial charge in [0.05, 0.1) is 0 Å². The van der Waals surface area contributed by atoms with Crippen molar-refractivity contribution in [3.8, 4) is 0 Å². The van der Waals surface area contributed by atoms with Crippen molar-refractivity contribution < 1.29 is 4.79 Å². The minimum absolute atomic E-state index is 0.0160. The van der Waals surface area contributed by atoms with Crippen LogP contribution >= 0.6 is 0 Å². The van der Waals surface area contributed by atoms with Crippen molar-refractivity contribution in [1.29, 1.82) is 0 Å². The van der Waals surface area contributed by atoms with Crippen LogP contribution in [0.25, 0.3) is 0 Å². The second-order valence-electron chi connectivity index (χ2n) is 5.59. The standard InChI is InChI=1S/C18H22N2O/c1-12(2)18(21)20-16-10-8-15(9-11-16)19-17-7-5-6-13(3)14(17)4/h5-12,19H,1-4H3,(H,20,21). The molecule has 0 saturated carbocycles. The average Bonchev–Trinajstić information content (AvgIpc) is 2.46. The van der Waals surface area contributed by atoms with Crippen molar-refractivity contribution in [2.45, 2.75) is 27.7 Å². The lowest BCUT2D eigenvalue weighted by molar-refractivity contribution is -0.118. The number of rotatable bonds is 4. The minimum Gasteiger partial charge on any atom is -0.355 e. The molecule has 0 fully saturated rings. The largest absolute Gasteiger partial charge is 0.355 e. The molecule has 0 aliphatic rings. The molecule has 0 radical (unpaired) electrons. The van der Waals surface area contributed by atoms with Crippen molar-refractivity contribution in [3.63, 3.8) is 0 Å². The van der Waals surface area contributed by atoms with Crippen molar-refractivity contribution >= 4 is 23.0 Å². The number of carbonyl (C=O) groups is 1. The predicted molar refractivity (Wildman–Crippen MR) is 89.1 cm³/mol. The molecule has 2 N–H and O–H groups in total. The molecule has 0 atom stereocenters. The molecule has 0 aliphatic carbocycles. The summed E-state index contributed by atoms with van der Waals surface area (Å²) in [5, 5.41) is 6.29. The fourth-order valence-electron chi connectivity index (χ4n) is 1.97. The van der Waals surface area contributed by atoms with Gasteiger partial charge in [0.25, 0.3) is 0 Å². The van der Waals surface area contributed by atoms with E-state index in [1.54, 1.807) is 0 Å². The lowest BCUT2D eigenvalue weighted by atomic mass is 10.1. The van der Waals surface area contributed by atoms with Gasteiger partial charge in [-0.15, -0.1) is 0 Å². The highest BCUT2D eigenvalue weighted by Crippen LogP contribution is 2.23. The Morgan fingerprint density at radius 1 is 0.952 bits per heavy atom. The first-order chi connectivity index (χ1) is 9.97. The maximum atomic E-state index is 11.6. The lowest BCUT2D eigenvalue weighted by Crippen LogP contribution is -2.17. The van der Waals surface area contributed by atoms with Gasteiger partial charge in [-0.3, -0.25) is 4.79 Å².